The van der Waals surface area contributed by atoms with E-state index in [9.17, 15) is 4.39 Å². The van der Waals surface area contributed by atoms with Crippen molar-refractivity contribution in [1.82, 2.24) is 4.99 Å². The smallest absolute Gasteiger partial charge is 0.291 e. The zero-order valence-electron chi connectivity index (χ0n) is 9.40. The van der Waals surface area contributed by atoms with Crippen LogP contribution in [0.15, 0.2) is 23.6 Å². The van der Waals surface area contributed by atoms with Gasteiger partial charge >= 0.3 is 0 Å². The lowest BCUT2D eigenvalue weighted by atomic mass is 10.1. The van der Waals surface area contributed by atoms with Crippen molar-refractivity contribution in [3.63, 3.8) is 0 Å². The molecule has 4 heteroatoms. The van der Waals surface area contributed by atoms with E-state index in [0.717, 1.165) is 42.9 Å². The SMILES string of the molecule is Fc1cc(C2=CSC=[N+]2)ccc1N1CCCC1. The zero-order valence-corrected chi connectivity index (χ0v) is 10.2. The summed E-state index contributed by atoms with van der Waals surface area (Å²) in [5.74, 6) is -0.141. The number of hydrogen-bond donors (Lipinski definition) is 0. The molecular weight excluding hydrogens is 235 g/mol. The van der Waals surface area contributed by atoms with Gasteiger partial charge in [-0.15, -0.1) is 0 Å². The molecule has 1 aromatic carbocycles. The minimum atomic E-state index is -0.141. The van der Waals surface area contributed by atoms with E-state index in [1.165, 1.54) is 11.8 Å². The quantitative estimate of drug-likeness (QED) is 0.800. The molecule has 2 aliphatic heterocycles. The number of anilines is 1. The number of rotatable bonds is 2. The van der Waals surface area contributed by atoms with Gasteiger partial charge in [-0.05, 0) is 42.8 Å². The van der Waals surface area contributed by atoms with Gasteiger partial charge in [0.05, 0.1) is 21.7 Å². The summed E-state index contributed by atoms with van der Waals surface area (Å²) >= 11 is 1.53. The Balaban J connectivity index is 1.90. The molecule has 3 rings (SSSR count). The lowest BCUT2D eigenvalue weighted by molar-refractivity contribution is 0.622. The second-order valence-corrected chi connectivity index (χ2v) is 4.95. The molecule has 0 atom stereocenters. The van der Waals surface area contributed by atoms with Crippen molar-refractivity contribution in [1.29, 1.82) is 0 Å². The van der Waals surface area contributed by atoms with E-state index in [4.69, 9.17) is 0 Å². The van der Waals surface area contributed by atoms with Gasteiger partial charge in [-0.2, -0.15) is 0 Å². The van der Waals surface area contributed by atoms with Crippen molar-refractivity contribution in [3.05, 3.63) is 35.0 Å². The summed E-state index contributed by atoms with van der Waals surface area (Å²) in [6.45, 7) is 1.93. The van der Waals surface area contributed by atoms with Gasteiger partial charge in [0.2, 0.25) is 0 Å². The first kappa shape index (κ1) is 10.8. The molecule has 17 heavy (non-hydrogen) atoms. The number of aliphatic imine (C=N–C) groups is 1. The molecule has 0 spiro atoms. The molecule has 0 bridgehead atoms. The van der Waals surface area contributed by atoms with Gasteiger partial charge in [0.25, 0.3) is 11.2 Å². The summed E-state index contributed by atoms with van der Waals surface area (Å²) in [6.07, 6.45) is 2.32. The largest absolute Gasteiger partial charge is 0.369 e. The summed E-state index contributed by atoms with van der Waals surface area (Å²) in [4.78, 5) is 6.30. The van der Waals surface area contributed by atoms with Crippen molar-refractivity contribution < 1.29 is 4.39 Å². The van der Waals surface area contributed by atoms with Gasteiger partial charge in [0.1, 0.15) is 5.82 Å². The van der Waals surface area contributed by atoms with Crippen LogP contribution in [0.1, 0.15) is 18.4 Å². The molecule has 1 radical (unpaired) electrons. The molecule has 0 unspecified atom stereocenters. The Kier molecular flexibility index (Phi) is 2.89. The summed E-state index contributed by atoms with van der Waals surface area (Å²) in [5, 5.41) is 1.93. The molecule has 0 saturated carbocycles. The number of halogens is 1. The predicted octanol–water partition coefficient (Wildman–Crippen LogP) is 2.84. The van der Waals surface area contributed by atoms with Crippen LogP contribution in [0.25, 0.3) is 5.70 Å². The van der Waals surface area contributed by atoms with E-state index in [1.54, 1.807) is 11.6 Å². The predicted molar refractivity (Wildman–Crippen MR) is 71.6 cm³/mol. The summed E-state index contributed by atoms with van der Waals surface area (Å²) in [5.41, 5.74) is 4.19. The first-order valence-electron chi connectivity index (χ1n) is 5.77. The molecule has 2 heterocycles. The maximum absolute atomic E-state index is 14.0. The normalized spacial score (nSPS) is 18.9. The molecule has 1 saturated heterocycles. The number of thioether (sulfide) groups is 1. The molecule has 0 aliphatic carbocycles. The van der Waals surface area contributed by atoms with Crippen LogP contribution < -0.4 is 9.89 Å². The second kappa shape index (κ2) is 4.53. The highest BCUT2D eigenvalue weighted by atomic mass is 32.2. The third-order valence-electron chi connectivity index (χ3n) is 3.12. The Morgan fingerprint density at radius 1 is 1.24 bits per heavy atom. The first-order valence-corrected chi connectivity index (χ1v) is 6.72. The third-order valence-corrected chi connectivity index (χ3v) is 3.71. The van der Waals surface area contributed by atoms with E-state index in [2.05, 4.69) is 9.89 Å². The highest BCUT2D eigenvalue weighted by Crippen LogP contribution is 2.27. The van der Waals surface area contributed by atoms with Gasteiger partial charge < -0.3 is 4.90 Å². The Labute approximate surface area is 104 Å². The third kappa shape index (κ3) is 2.09. The number of hydrogen-bond acceptors (Lipinski definition) is 3. The molecule has 0 N–H and O–H groups in total. The first-order chi connectivity index (χ1) is 8.34. The van der Waals surface area contributed by atoms with Crippen LogP contribution in [0.5, 0.6) is 0 Å². The lowest BCUT2D eigenvalue weighted by Gasteiger charge is -2.18. The van der Waals surface area contributed by atoms with E-state index >= 15 is 0 Å². The van der Waals surface area contributed by atoms with Crippen molar-refractivity contribution in [2.24, 2.45) is 0 Å². The van der Waals surface area contributed by atoms with E-state index in [1.807, 2.05) is 17.5 Å². The fraction of sp³-hybridized carbons (Fsp3) is 0.308. The average Bonchev–Trinajstić information content (AvgIpc) is 3.02. The van der Waals surface area contributed by atoms with Crippen molar-refractivity contribution in [3.8, 4) is 0 Å². The van der Waals surface area contributed by atoms with Crippen LogP contribution in [0.3, 0.4) is 0 Å². The van der Waals surface area contributed by atoms with Gasteiger partial charge in [0, 0.05) is 13.1 Å². The second-order valence-electron chi connectivity index (χ2n) is 4.23. The van der Waals surface area contributed by atoms with E-state index in [0.29, 0.717) is 0 Å². The fourth-order valence-electron chi connectivity index (χ4n) is 2.24. The summed E-state index contributed by atoms with van der Waals surface area (Å²) in [6, 6.07) is 5.41. The maximum atomic E-state index is 14.0. The molecule has 1 fully saturated rings. The Hall–Kier alpha value is -1.29. The van der Waals surface area contributed by atoms with Crippen LogP contribution in [0, 0.1) is 5.82 Å². The van der Waals surface area contributed by atoms with Crippen molar-refractivity contribution >= 4 is 28.7 Å². The van der Waals surface area contributed by atoms with E-state index < -0.39 is 0 Å². The summed E-state index contributed by atoms with van der Waals surface area (Å²) < 4.78 is 14.0. The minimum absolute atomic E-state index is 0.141. The fourth-order valence-corrected chi connectivity index (χ4v) is 2.80. The number of benzene rings is 1. The highest BCUT2D eigenvalue weighted by Gasteiger charge is 2.20. The molecule has 2 aliphatic rings. The van der Waals surface area contributed by atoms with Crippen LogP contribution in [0.2, 0.25) is 0 Å². The Morgan fingerprint density at radius 3 is 2.71 bits per heavy atom. The van der Waals surface area contributed by atoms with Crippen LogP contribution >= 0.6 is 11.8 Å². The van der Waals surface area contributed by atoms with Crippen molar-refractivity contribution in [2.75, 3.05) is 18.0 Å². The molecule has 87 valence electrons. The highest BCUT2D eigenvalue weighted by molar-refractivity contribution is 8.15. The Bertz CT molecular complexity index is 490. The molecule has 1 aromatic rings. The molecule has 0 amide bonds. The zero-order chi connectivity index (χ0) is 11.7. The standard InChI is InChI=1S/C13H13FN2S/c14-11-7-10(12-8-17-9-15-12)3-4-13(11)16-5-1-2-6-16/h3-4,7-9H,1-2,5-6H2/q+1. The van der Waals surface area contributed by atoms with Gasteiger partial charge in [0.15, 0.2) is 0 Å². The molecular formula is C13H13FN2S+. The minimum Gasteiger partial charge on any atom is -0.369 e. The van der Waals surface area contributed by atoms with Crippen LogP contribution in [-0.4, -0.2) is 18.6 Å². The van der Waals surface area contributed by atoms with Gasteiger partial charge in [-0.25, -0.2) is 4.39 Å². The summed E-state index contributed by atoms with van der Waals surface area (Å²) in [7, 11) is 0. The number of nitrogens with zero attached hydrogens (tertiary/aromatic N) is 2. The topological polar surface area (TPSA) is 17.3 Å². The van der Waals surface area contributed by atoms with Crippen molar-refractivity contribution in [2.45, 2.75) is 12.8 Å². The molecule has 2 nitrogen and oxygen atoms in total. The van der Waals surface area contributed by atoms with E-state index in [-0.39, 0.29) is 5.82 Å². The Morgan fingerprint density at radius 2 is 2.06 bits per heavy atom. The average molecular weight is 248 g/mol. The van der Waals surface area contributed by atoms with Gasteiger partial charge in [-0.1, -0.05) is 0 Å². The monoisotopic (exact) mass is 248 g/mol. The van der Waals surface area contributed by atoms with Crippen LogP contribution in [0.4, 0.5) is 10.1 Å². The lowest BCUT2D eigenvalue weighted by Crippen LogP contribution is -2.18. The van der Waals surface area contributed by atoms with Gasteiger partial charge in [-0.3, -0.25) is 0 Å². The molecule has 0 aromatic heterocycles. The van der Waals surface area contributed by atoms with Crippen LogP contribution in [-0.2, 0) is 0 Å². The maximum Gasteiger partial charge on any atom is 0.291 e.